The average molecular weight is 304 g/mol. The number of nitrogens with one attached hydrogen (secondary N) is 1. The number of nitrogens with zero attached hydrogens (tertiary/aromatic N) is 2. The molecule has 1 aliphatic heterocycles. The minimum absolute atomic E-state index is 0. The molecule has 1 N–H and O–H groups in total. The molecule has 116 valence electrons. The van der Waals surface area contributed by atoms with Crippen LogP contribution in [0.2, 0.25) is 0 Å². The third kappa shape index (κ3) is 3.14. The molecule has 20 heavy (non-hydrogen) atoms. The Balaban J connectivity index is 0.00000361. The molecule has 1 fully saturated rings. The van der Waals surface area contributed by atoms with Crippen molar-refractivity contribution in [3.8, 4) is 0 Å². The van der Waals surface area contributed by atoms with Gasteiger partial charge >= 0.3 is 6.03 Å². The van der Waals surface area contributed by atoms with Crippen molar-refractivity contribution in [1.82, 2.24) is 9.80 Å². The minimum atomic E-state index is -0.802. The van der Waals surface area contributed by atoms with Crippen LogP contribution in [0.3, 0.4) is 0 Å². The lowest BCUT2D eigenvalue weighted by molar-refractivity contribution is -0.137. The number of hydrogen-bond acceptors (Lipinski definition) is 3. The Hall–Kier alpha value is -1.10. The van der Waals surface area contributed by atoms with E-state index >= 15 is 0 Å². The Morgan fingerprint density at radius 1 is 1.00 bits per heavy atom. The van der Waals surface area contributed by atoms with Gasteiger partial charge in [-0.3, -0.25) is 20.0 Å². The van der Waals surface area contributed by atoms with E-state index in [1.165, 1.54) is 16.8 Å². The molecule has 0 bridgehead atoms. The molecule has 3 amide bonds. The molecule has 0 unspecified atom stereocenters. The van der Waals surface area contributed by atoms with Crippen LogP contribution in [-0.4, -0.2) is 41.7 Å². The summed E-state index contributed by atoms with van der Waals surface area (Å²) in [5.74, 6) is -0.0370. The van der Waals surface area contributed by atoms with Crippen molar-refractivity contribution in [1.29, 1.82) is 5.41 Å². The Bertz CT molecular complexity index is 351. The Morgan fingerprint density at radius 3 is 1.85 bits per heavy atom. The highest BCUT2D eigenvalue weighted by molar-refractivity contribution is 6.19. The highest BCUT2D eigenvalue weighted by Crippen LogP contribution is 2.38. The summed E-state index contributed by atoms with van der Waals surface area (Å²) < 4.78 is 0. The van der Waals surface area contributed by atoms with Crippen LogP contribution in [0.4, 0.5) is 4.79 Å². The van der Waals surface area contributed by atoms with Gasteiger partial charge in [-0.1, -0.05) is 39.5 Å². The smallest absolute Gasteiger partial charge is 0.287 e. The molecule has 0 aromatic heterocycles. The van der Waals surface area contributed by atoms with Gasteiger partial charge in [0.05, 0.1) is 0 Å². The third-order valence-corrected chi connectivity index (χ3v) is 3.99. The molecule has 1 heterocycles. The summed E-state index contributed by atoms with van der Waals surface area (Å²) in [5, 5.41) is 8.27. The van der Waals surface area contributed by atoms with Gasteiger partial charge in [-0.05, 0) is 12.8 Å². The van der Waals surface area contributed by atoms with Gasteiger partial charge in [-0.15, -0.1) is 12.4 Å². The summed E-state index contributed by atoms with van der Waals surface area (Å²) in [4.78, 5) is 26.9. The van der Waals surface area contributed by atoms with Crippen LogP contribution in [0.25, 0.3) is 0 Å². The summed E-state index contributed by atoms with van der Waals surface area (Å²) in [6, 6.07) is -0.404. The quantitative estimate of drug-likeness (QED) is 0.818. The second-order valence-electron chi connectivity index (χ2n) is 5.34. The van der Waals surface area contributed by atoms with Crippen molar-refractivity contribution in [2.24, 2.45) is 5.41 Å². The molecule has 5 nitrogen and oxygen atoms in total. The van der Waals surface area contributed by atoms with E-state index in [0.717, 1.165) is 25.7 Å². The lowest BCUT2D eigenvalue weighted by atomic mass is 9.74. The number of amidine groups is 1. The Morgan fingerprint density at radius 2 is 1.45 bits per heavy atom. The third-order valence-electron chi connectivity index (χ3n) is 3.99. The molecule has 6 heteroatoms. The average Bonchev–Trinajstić information content (AvgIpc) is 2.43. The van der Waals surface area contributed by atoms with E-state index in [1.54, 1.807) is 7.05 Å². The molecule has 0 atom stereocenters. The van der Waals surface area contributed by atoms with Crippen LogP contribution in [0, 0.1) is 10.8 Å². The van der Waals surface area contributed by atoms with Crippen molar-refractivity contribution >= 4 is 30.2 Å². The zero-order valence-corrected chi connectivity index (χ0v) is 13.7. The van der Waals surface area contributed by atoms with E-state index in [1.807, 2.05) is 0 Å². The molecule has 0 radical (unpaired) electrons. The number of unbranched alkanes of at least 4 members (excludes halogenated alkanes) is 2. The monoisotopic (exact) mass is 303 g/mol. The van der Waals surface area contributed by atoms with E-state index in [0.29, 0.717) is 12.8 Å². The van der Waals surface area contributed by atoms with Gasteiger partial charge in [0, 0.05) is 14.1 Å². The molecule has 1 saturated heterocycles. The fraction of sp³-hybridized carbons (Fsp3) is 0.786. The molecule has 1 aliphatic rings. The number of urea groups is 1. The predicted octanol–water partition coefficient (Wildman–Crippen LogP) is 3.28. The van der Waals surface area contributed by atoms with Crippen molar-refractivity contribution in [3.63, 3.8) is 0 Å². The lowest BCUT2D eigenvalue weighted by Gasteiger charge is -2.44. The Labute approximate surface area is 127 Å². The summed E-state index contributed by atoms with van der Waals surface area (Å²) in [5.41, 5.74) is -0.802. The topological polar surface area (TPSA) is 64.5 Å². The van der Waals surface area contributed by atoms with Crippen LogP contribution in [-0.2, 0) is 4.79 Å². The first-order valence-corrected chi connectivity index (χ1v) is 7.07. The van der Waals surface area contributed by atoms with Crippen LogP contribution in [0.1, 0.15) is 52.4 Å². The Kier molecular flexibility index (Phi) is 7.20. The van der Waals surface area contributed by atoms with Crippen molar-refractivity contribution in [3.05, 3.63) is 0 Å². The molecular formula is C14H26ClN3O2. The first-order chi connectivity index (χ1) is 8.92. The van der Waals surface area contributed by atoms with Gasteiger partial charge < -0.3 is 0 Å². The van der Waals surface area contributed by atoms with E-state index in [2.05, 4.69) is 13.8 Å². The second-order valence-corrected chi connectivity index (χ2v) is 5.34. The van der Waals surface area contributed by atoms with Gasteiger partial charge in [0.2, 0.25) is 5.91 Å². The number of rotatable bonds is 6. The normalized spacial score (nSPS) is 18.3. The minimum Gasteiger partial charge on any atom is -0.287 e. The maximum Gasteiger partial charge on any atom is 0.331 e. The van der Waals surface area contributed by atoms with Crippen LogP contribution in [0.15, 0.2) is 0 Å². The van der Waals surface area contributed by atoms with E-state index in [-0.39, 0.29) is 24.1 Å². The summed E-state index contributed by atoms with van der Waals surface area (Å²) in [6.07, 6.45) is 5.07. The highest BCUT2D eigenvalue weighted by Gasteiger charge is 2.51. The summed E-state index contributed by atoms with van der Waals surface area (Å²) >= 11 is 0. The number of carbonyl (C=O) groups excluding carboxylic acids is 2. The molecule has 0 aliphatic carbocycles. The van der Waals surface area contributed by atoms with Crippen LogP contribution >= 0.6 is 12.4 Å². The summed E-state index contributed by atoms with van der Waals surface area (Å²) in [6.45, 7) is 4.14. The van der Waals surface area contributed by atoms with Crippen molar-refractivity contribution in [2.75, 3.05) is 14.1 Å². The van der Waals surface area contributed by atoms with Crippen LogP contribution < -0.4 is 0 Å². The van der Waals surface area contributed by atoms with Crippen molar-refractivity contribution in [2.45, 2.75) is 52.4 Å². The van der Waals surface area contributed by atoms with Gasteiger partial charge in [-0.25, -0.2) is 4.79 Å². The van der Waals surface area contributed by atoms with Gasteiger partial charge in [0.25, 0.3) is 0 Å². The maximum absolute atomic E-state index is 12.6. The zero-order valence-electron chi connectivity index (χ0n) is 12.9. The highest BCUT2D eigenvalue weighted by atomic mass is 35.5. The van der Waals surface area contributed by atoms with E-state index < -0.39 is 11.4 Å². The molecule has 0 aromatic carbocycles. The van der Waals surface area contributed by atoms with E-state index in [9.17, 15) is 9.59 Å². The fourth-order valence-electron chi connectivity index (χ4n) is 2.68. The van der Waals surface area contributed by atoms with Crippen molar-refractivity contribution < 1.29 is 9.59 Å². The first-order valence-electron chi connectivity index (χ1n) is 7.07. The predicted molar refractivity (Wildman–Crippen MR) is 82.4 cm³/mol. The second kappa shape index (κ2) is 7.62. The largest absolute Gasteiger partial charge is 0.331 e. The SMILES string of the molecule is CCCCC1(CCCC)C(=N)N(C)C(=O)N(C)C1=O.Cl. The molecular weight excluding hydrogens is 278 g/mol. The lowest BCUT2D eigenvalue weighted by Crippen LogP contribution is -2.62. The molecule has 0 aromatic rings. The van der Waals surface area contributed by atoms with E-state index in [4.69, 9.17) is 5.41 Å². The number of amides is 3. The summed E-state index contributed by atoms with van der Waals surface area (Å²) in [7, 11) is 3.10. The first kappa shape index (κ1) is 18.9. The molecule has 0 spiro atoms. The fourth-order valence-corrected chi connectivity index (χ4v) is 2.68. The number of carbonyl (C=O) groups is 2. The number of imide groups is 1. The molecule has 0 saturated carbocycles. The number of halogens is 1. The van der Waals surface area contributed by atoms with Crippen LogP contribution in [0.5, 0.6) is 0 Å². The number of hydrogen-bond donors (Lipinski definition) is 1. The maximum atomic E-state index is 12.6. The standard InChI is InChI=1S/C14H25N3O2.ClH/c1-5-7-9-14(10-8-6-2)11(15)16(3)13(19)17(4)12(14)18;/h15H,5-10H2,1-4H3;1H. The van der Waals surface area contributed by atoms with Gasteiger partial charge in [0.1, 0.15) is 11.3 Å². The molecule has 1 rings (SSSR count). The van der Waals surface area contributed by atoms with Gasteiger partial charge in [-0.2, -0.15) is 0 Å². The zero-order chi connectivity index (χ0) is 14.6. The van der Waals surface area contributed by atoms with Gasteiger partial charge in [0.15, 0.2) is 0 Å².